The number of ether oxygens (including phenoxy) is 1. The first kappa shape index (κ1) is 21.6. The highest BCUT2D eigenvalue weighted by Crippen LogP contribution is 2.22. The molecule has 7 heteroatoms. The summed E-state index contributed by atoms with van der Waals surface area (Å²) < 4.78 is 7.36. The third-order valence-corrected chi connectivity index (χ3v) is 4.89. The Bertz CT molecular complexity index is 1260. The molecule has 0 spiro atoms. The molecule has 0 saturated carbocycles. The number of hydrogen-bond donors (Lipinski definition) is 2. The van der Waals surface area contributed by atoms with Crippen LogP contribution in [0.3, 0.4) is 0 Å². The number of carboxylic acid groups (broad SMARTS) is 1. The average Bonchev–Trinajstić information content (AvgIpc) is 3.32. The number of aromatic nitrogens is 1. The zero-order chi connectivity index (χ0) is 23.0. The predicted molar refractivity (Wildman–Crippen MR) is 126 cm³/mol. The molecule has 0 aliphatic heterocycles. The molecule has 0 saturated heterocycles. The van der Waals surface area contributed by atoms with E-state index in [-0.39, 0.29) is 18.1 Å². The first-order chi connectivity index (χ1) is 16.1. The van der Waals surface area contributed by atoms with Crippen molar-refractivity contribution in [3.05, 3.63) is 108 Å². The van der Waals surface area contributed by atoms with E-state index >= 15 is 0 Å². The SMILES string of the molecule is O=C(COc1ccc(-c2ccccc2)cc1)N/N=C/c1cccn1-c1ccc(C(=O)O)cc1. The fourth-order valence-electron chi connectivity index (χ4n) is 3.22. The number of hydrazone groups is 1. The summed E-state index contributed by atoms with van der Waals surface area (Å²) in [5, 5.41) is 13.0. The number of hydrogen-bond acceptors (Lipinski definition) is 4. The highest BCUT2D eigenvalue weighted by molar-refractivity contribution is 5.88. The maximum absolute atomic E-state index is 12.1. The van der Waals surface area contributed by atoms with Crippen LogP contribution in [0.2, 0.25) is 0 Å². The average molecular weight is 439 g/mol. The van der Waals surface area contributed by atoms with E-state index in [0.29, 0.717) is 5.75 Å². The normalized spacial score (nSPS) is 10.8. The first-order valence-electron chi connectivity index (χ1n) is 10.2. The zero-order valence-electron chi connectivity index (χ0n) is 17.6. The Hall–Kier alpha value is -4.65. The van der Waals surface area contributed by atoms with E-state index in [0.717, 1.165) is 22.5 Å². The fourth-order valence-corrected chi connectivity index (χ4v) is 3.22. The second-order valence-corrected chi connectivity index (χ2v) is 7.13. The van der Waals surface area contributed by atoms with Gasteiger partial charge in [0.05, 0.1) is 17.5 Å². The molecule has 1 aromatic heterocycles. The lowest BCUT2D eigenvalue weighted by molar-refractivity contribution is -0.123. The monoisotopic (exact) mass is 439 g/mol. The molecule has 164 valence electrons. The molecule has 7 nitrogen and oxygen atoms in total. The van der Waals surface area contributed by atoms with Gasteiger partial charge >= 0.3 is 5.97 Å². The van der Waals surface area contributed by atoms with Gasteiger partial charge in [-0.05, 0) is 59.7 Å². The number of benzene rings is 3. The second kappa shape index (κ2) is 10.1. The van der Waals surface area contributed by atoms with E-state index in [9.17, 15) is 9.59 Å². The lowest BCUT2D eigenvalue weighted by atomic mass is 10.1. The van der Waals surface area contributed by atoms with Crippen LogP contribution in [0, 0.1) is 0 Å². The molecule has 3 aromatic carbocycles. The lowest BCUT2D eigenvalue weighted by Crippen LogP contribution is -2.24. The van der Waals surface area contributed by atoms with Crippen LogP contribution in [0.1, 0.15) is 16.1 Å². The number of carboxylic acids is 1. The van der Waals surface area contributed by atoms with E-state index < -0.39 is 5.97 Å². The maximum Gasteiger partial charge on any atom is 0.335 e. The Balaban J connectivity index is 1.30. The van der Waals surface area contributed by atoms with Gasteiger partial charge in [-0.25, -0.2) is 10.2 Å². The van der Waals surface area contributed by atoms with Gasteiger partial charge in [-0.3, -0.25) is 4.79 Å². The van der Waals surface area contributed by atoms with Gasteiger partial charge in [0.25, 0.3) is 5.91 Å². The van der Waals surface area contributed by atoms with Crippen molar-refractivity contribution < 1.29 is 19.4 Å². The molecule has 0 atom stereocenters. The quantitative estimate of drug-likeness (QED) is 0.315. The molecule has 0 radical (unpaired) electrons. The van der Waals surface area contributed by atoms with Crippen molar-refractivity contribution in [1.82, 2.24) is 9.99 Å². The van der Waals surface area contributed by atoms with E-state index in [1.807, 2.05) is 77.5 Å². The molecular weight excluding hydrogens is 418 g/mol. The van der Waals surface area contributed by atoms with Crippen molar-refractivity contribution in [2.75, 3.05) is 6.61 Å². The number of nitrogens with zero attached hydrogens (tertiary/aromatic N) is 2. The molecule has 0 unspecified atom stereocenters. The molecule has 2 N–H and O–H groups in total. The number of amides is 1. The summed E-state index contributed by atoms with van der Waals surface area (Å²) in [5.41, 5.74) is 6.33. The summed E-state index contributed by atoms with van der Waals surface area (Å²) >= 11 is 0. The van der Waals surface area contributed by atoms with Gasteiger partial charge in [0, 0.05) is 11.9 Å². The zero-order valence-corrected chi connectivity index (χ0v) is 17.6. The first-order valence-corrected chi connectivity index (χ1v) is 10.2. The number of carbonyl (C=O) groups excluding carboxylic acids is 1. The topological polar surface area (TPSA) is 92.9 Å². The van der Waals surface area contributed by atoms with Crippen LogP contribution in [0.15, 0.2) is 102 Å². The molecule has 0 aliphatic rings. The minimum absolute atomic E-state index is 0.167. The lowest BCUT2D eigenvalue weighted by Gasteiger charge is -2.07. The van der Waals surface area contributed by atoms with Gasteiger partial charge in [-0.2, -0.15) is 5.10 Å². The third-order valence-electron chi connectivity index (χ3n) is 4.89. The minimum Gasteiger partial charge on any atom is -0.484 e. The molecule has 4 rings (SSSR count). The number of rotatable bonds is 8. The van der Waals surface area contributed by atoms with Crippen LogP contribution >= 0.6 is 0 Å². The minimum atomic E-state index is -0.979. The Morgan fingerprint density at radius 2 is 1.58 bits per heavy atom. The fraction of sp³-hybridized carbons (Fsp3) is 0.0385. The number of aromatic carboxylic acids is 1. The van der Waals surface area contributed by atoms with Crippen molar-refractivity contribution in [2.45, 2.75) is 0 Å². The summed E-state index contributed by atoms with van der Waals surface area (Å²) in [6.07, 6.45) is 3.33. The summed E-state index contributed by atoms with van der Waals surface area (Å²) in [7, 11) is 0. The van der Waals surface area contributed by atoms with E-state index in [4.69, 9.17) is 9.84 Å². The van der Waals surface area contributed by atoms with Crippen LogP contribution in [0.25, 0.3) is 16.8 Å². The largest absolute Gasteiger partial charge is 0.484 e. The van der Waals surface area contributed by atoms with Crippen LogP contribution < -0.4 is 10.2 Å². The summed E-state index contributed by atoms with van der Waals surface area (Å²) in [6.45, 7) is -0.167. The van der Waals surface area contributed by atoms with Crippen molar-refractivity contribution >= 4 is 18.1 Å². The van der Waals surface area contributed by atoms with Gasteiger partial charge in [0.2, 0.25) is 0 Å². The van der Waals surface area contributed by atoms with Crippen molar-refractivity contribution in [3.63, 3.8) is 0 Å². The number of carbonyl (C=O) groups is 2. The second-order valence-electron chi connectivity index (χ2n) is 7.13. The van der Waals surface area contributed by atoms with Gasteiger partial charge in [-0.1, -0.05) is 42.5 Å². The Morgan fingerprint density at radius 3 is 2.27 bits per heavy atom. The van der Waals surface area contributed by atoms with Crippen LogP contribution in [0.5, 0.6) is 5.75 Å². The summed E-state index contributed by atoms with van der Waals surface area (Å²) in [4.78, 5) is 23.1. The third kappa shape index (κ3) is 5.54. The molecule has 0 bridgehead atoms. The predicted octanol–water partition coefficient (Wildman–Crippen LogP) is 4.37. The van der Waals surface area contributed by atoms with E-state index in [1.54, 1.807) is 12.1 Å². The molecule has 0 aliphatic carbocycles. The molecule has 1 amide bonds. The standard InChI is InChI=1S/C26H21N3O4/c30-25(18-33-24-14-10-20(11-15-24)19-5-2-1-3-6-19)28-27-17-23-7-4-16-29(23)22-12-8-21(9-13-22)26(31)32/h1-17H,18H2,(H,28,30)(H,31,32)/b27-17+. The van der Waals surface area contributed by atoms with Crippen molar-refractivity contribution in [2.24, 2.45) is 5.10 Å². The van der Waals surface area contributed by atoms with Crippen molar-refractivity contribution in [1.29, 1.82) is 0 Å². The van der Waals surface area contributed by atoms with Gasteiger partial charge < -0.3 is 14.4 Å². The Morgan fingerprint density at radius 1 is 0.879 bits per heavy atom. The van der Waals surface area contributed by atoms with Crippen LogP contribution in [-0.4, -0.2) is 34.4 Å². The molecule has 0 fully saturated rings. The van der Waals surface area contributed by atoms with Gasteiger partial charge in [-0.15, -0.1) is 0 Å². The maximum atomic E-state index is 12.1. The number of nitrogens with one attached hydrogen (secondary N) is 1. The van der Waals surface area contributed by atoms with E-state index in [1.165, 1.54) is 18.3 Å². The van der Waals surface area contributed by atoms with Crippen LogP contribution in [-0.2, 0) is 4.79 Å². The molecular formula is C26H21N3O4. The van der Waals surface area contributed by atoms with Gasteiger partial charge in [0.1, 0.15) is 5.75 Å². The molecule has 1 heterocycles. The summed E-state index contributed by atoms with van der Waals surface area (Å²) in [5.74, 6) is -0.775. The molecule has 33 heavy (non-hydrogen) atoms. The summed E-state index contributed by atoms with van der Waals surface area (Å²) in [6, 6.07) is 27.7. The molecule has 4 aromatic rings. The van der Waals surface area contributed by atoms with Gasteiger partial charge in [0.15, 0.2) is 6.61 Å². The smallest absolute Gasteiger partial charge is 0.335 e. The Kier molecular flexibility index (Phi) is 6.61. The van der Waals surface area contributed by atoms with Crippen LogP contribution in [0.4, 0.5) is 0 Å². The highest BCUT2D eigenvalue weighted by atomic mass is 16.5. The van der Waals surface area contributed by atoms with E-state index in [2.05, 4.69) is 10.5 Å². The Labute approximate surface area is 190 Å². The highest BCUT2D eigenvalue weighted by Gasteiger charge is 2.06. The van der Waals surface area contributed by atoms with Crippen molar-refractivity contribution in [3.8, 4) is 22.6 Å².